The van der Waals surface area contributed by atoms with E-state index < -0.39 is 4.92 Å². The third-order valence-electron chi connectivity index (χ3n) is 3.49. The van der Waals surface area contributed by atoms with E-state index in [0.717, 1.165) is 4.88 Å². The SMILES string of the molecule is CN(Cc1cc([N+](=O)[O-])ccc1Cl)C(=O)c1cc(-c2cccs2)on1. The molecule has 0 atom stereocenters. The summed E-state index contributed by atoms with van der Waals surface area (Å²) in [7, 11) is 1.57. The number of thiophene rings is 1. The Balaban J connectivity index is 1.77. The van der Waals surface area contributed by atoms with Gasteiger partial charge in [0.2, 0.25) is 0 Å². The van der Waals surface area contributed by atoms with Crippen molar-refractivity contribution in [2.24, 2.45) is 0 Å². The van der Waals surface area contributed by atoms with Crippen molar-refractivity contribution in [3.05, 3.63) is 68.2 Å². The summed E-state index contributed by atoms with van der Waals surface area (Å²) in [5.41, 5.74) is 0.558. The predicted octanol–water partition coefficient (Wildman–Crippen LogP) is 4.24. The highest BCUT2D eigenvalue weighted by molar-refractivity contribution is 7.13. The monoisotopic (exact) mass is 377 g/mol. The molecule has 0 saturated carbocycles. The molecule has 0 bridgehead atoms. The summed E-state index contributed by atoms with van der Waals surface area (Å²) in [6.45, 7) is 0.112. The van der Waals surface area contributed by atoms with E-state index >= 15 is 0 Å². The van der Waals surface area contributed by atoms with Gasteiger partial charge in [-0.1, -0.05) is 22.8 Å². The van der Waals surface area contributed by atoms with Gasteiger partial charge in [-0.05, 0) is 23.1 Å². The fraction of sp³-hybridized carbons (Fsp3) is 0.125. The molecule has 9 heteroatoms. The van der Waals surface area contributed by atoms with Gasteiger partial charge < -0.3 is 9.42 Å². The maximum atomic E-state index is 12.5. The summed E-state index contributed by atoms with van der Waals surface area (Å²) >= 11 is 7.55. The van der Waals surface area contributed by atoms with Gasteiger partial charge in [-0.2, -0.15) is 0 Å². The summed E-state index contributed by atoms with van der Waals surface area (Å²) in [5.74, 6) is 0.147. The minimum Gasteiger partial charge on any atom is -0.355 e. The Labute approximate surface area is 151 Å². The summed E-state index contributed by atoms with van der Waals surface area (Å²) in [4.78, 5) is 25.1. The van der Waals surface area contributed by atoms with Crippen molar-refractivity contribution in [2.75, 3.05) is 7.05 Å². The van der Waals surface area contributed by atoms with Gasteiger partial charge in [-0.25, -0.2) is 0 Å². The molecule has 0 aliphatic carbocycles. The van der Waals surface area contributed by atoms with Crippen LogP contribution >= 0.6 is 22.9 Å². The Morgan fingerprint density at radius 3 is 2.88 bits per heavy atom. The van der Waals surface area contributed by atoms with Gasteiger partial charge >= 0.3 is 0 Å². The second-order valence-electron chi connectivity index (χ2n) is 5.25. The number of hydrogen-bond donors (Lipinski definition) is 0. The van der Waals surface area contributed by atoms with Crippen molar-refractivity contribution in [3.63, 3.8) is 0 Å². The number of nitro groups is 1. The van der Waals surface area contributed by atoms with Gasteiger partial charge in [0.15, 0.2) is 11.5 Å². The maximum Gasteiger partial charge on any atom is 0.276 e. The smallest absolute Gasteiger partial charge is 0.276 e. The molecule has 0 spiro atoms. The van der Waals surface area contributed by atoms with Crippen LogP contribution in [0.2, 0.25) is 5.02 Å². The topological polar surface area (TPSA) is 89.5 Å². The lowest BCUT2D eigenvalue weighted by Crippen LogP contribution is -2.26. The number of non-ortho nitro benzene ring substituents is 1. The van der Waals surface area contributed by atoms with Crippen LogP contribution in [0.25, 0.3) is 10.6 Å². The average Bonchev–Trinajstić information content (AvgIpc) is 3.27. The Hall–Kier alpha value is -2.71. The van der Waals surface area contributed by atoms with Gasteiger partial charge in [0, 0.05) is 36.8 Å². The molecule has 0 aliphatic rings. The Kier molecular flexibility index (Phi) is 4.82. The molecule has 2 aromatic heterocycles. The number of halogens is 1. The standard InChI is InChI=1S/C16H12ClN3O4S/c1-19(9-10-7-11(20(22)23)4-5-12(10)17)16(21)13-8-14(24-18-13)15-3-2-6-25-15/h2-8H,9H2,1H3. The molecule has 0 aliphatic heterocycles. The first-order chi connectivity index (χ1) is 12.0. The highest BCUT2D eigenvalue weighted by Gasteiger charge is 2.20. The molecule has 2 heterocycles. The van der Waals surface area contributed by atoms with E-state index in [1.807, 2.05) is 17.5 Å². The molecule has 3 rings (SSSR count). The fourth-order valence-electron chi connectivity index (χ4n) is 2.23. The van der Waals surface area contributed by atoms with Gasteiger partial charge in [-0.3, -0.25) is 14.9 Å². The summed E-state index contributed by atoms with van der Waals surface area (Å²) in [5, 5.41) is 16.9. The lowest BCUT2D eigenvalue weighted by Gasteiger charge is -2.16. The normalized spacial score (nSPS) is 10.6. The van der Waals surface area contributed by atoms with E-state index in [0.29, 0.717) is 16.3 Å². The molecular formula is C16H12ClN3O4S. The summed E-state index contributed by atoms with van der Waals surface area (Å²) in [6.07, 6.45) is 0. The van der Waals surface area contributed by atoms with Crippen LogP contribution in [0, 0.1) is 10.1 Å². The maximum absolute atomic E-state index is 12.5. The zero-order chi connectivity index (χ0) is 18.0. The van der Waals surface area contributed by atoms with E-state index in [2.05, 4.69) is 5.16 Å². The lowest BCUT2D eigenvalue weighted by molar-refractivity contribution is -0.384. The van der Waals surface area contributed by atoms with Crippen LogP contribution < -0.4 is 0 Å². The van der Waals surface area contributed by atoms with Crippen molar-refractivity contribution in [1.82, 2.24) is 10.1 Å². The van der Waals surface area contributed by atoms with E-state index in [9.17, 15) is 14.9 Å². The third kappa shape index (κ3) is 3.70. The number of carbonyl (C=O) groups is 1. The van der Waals surface area contributed by atoms with E-state index in [4.69, 9.17) is 16.1 Å². The second kappa shape index (κ2) is 7.04. The Morgan fingerprint density at radius 1 is 1.40 bits per heavy atom. The van der Waals surface area contributed by atoms with Crippen LogP contribution in [0.15, 0.2) is 46.3 Å². The van der Waals surface area contributed by atoms with Crippen LogP contribution in [0.4, 0.5) is 5.69 Å². The average molecular weight is 378 g/mol. The highest BCUT2D eigenvalue weighted by atomic mass is 35.5. The predicted molar refractivity (Wildman–Crippen MR) is 93.7 cm³/mol. The largest absolute Gasteiger partial charge is 0.355 e. The number of nitrogens with zero attached hydrogens (tertiary/aromatic N) is 3. The molecule has 0 radical (unpaired) electrons. The van der Waals surface area contributed by atoms with Crippen molar-refractivity contribution in [3.8, 4) is 10.6 Å². The number of carbonyl (C=O) groups excluding carboxylic acids is 1. The van der Waals surface area contributed by atoms with Gasteiger partial charge in [0.1, 0.15) is 0 Å². The molecule has 0 saturated heterocycles. The number of hydrogen-bond acceptors (Lipinski definition) is 6. The van der Waals surface area contributed by atoms with Crippen molar-refractivity contribution < 1.29 is 14.2 Å². The first kappa shape index (κ1) is 17.1. The Morgan fingerprint density at radius 2 is 2.20 bits per heavy atom. The van der Waals surface area contributed by atoms with Crippen molar-refractivity contribution in [1.29, 1.82) is 0 Å². The molecule has 0 N–H and O–H groups in total. The van der Waals surface area contributed by atoms with Gasteiger partial charge in [-0.15, -0.1) is 11.3 Å². The van der Waals surface area contributed by atoms with Gasteiger partial charge in [0.25, 0.3) is 11.6 Å². The first-order valence-electron chi connectivity index (χ1n) is 7.14. The number of amides is 1. The minimum absolute atomic E-state index is 0.0818. The zero-order valence-corrected chi connectivity index (χ0v) is 14.6. The minimum atomic E-state index is -0.507. The third-order valence-corrected chi connectivity index (χ3v) is 4.74. The molecule has 25 heavy (non-hydrogen) atoms. The van der Waals surface area contributed by atoms with Crippen LogP contribution in [0.1, 0.15) is 16.1 Å². The van der Waals surface area contributed by atoms with Crippen LogP contribution in [-0.4, -0.2) is 27.9 Å². The van der Waals surface area contributed by atoms with Crippen molar-refractivity contribution in [2.45, 2.75) is 6.54 Å². The molecule has 3 aromatic rings. The second-order valence-corrected chi connectivity index (χ2v) is 6.60. The molecule has 0 unspecified atom stereocenters. The van der Waals surface area contributed by atoms with Crippen LogP contribution in [0.5, 0.6) is 0 Å². The van der Waals surface area contributed by atoms with Crippen LogP contribution in [0.3, 0.4) is 0 Å². The summed E-state index contributed by atoms with van der Waals surface area (Å²) < 4.78 is 5.20. The number of benzene rings is 1. The van der Waals surface area contributed by atoms with E-state index in [1.54, 1.807) is 13.1 Å². The van der Waals surface area contributed by atoms with Crippen LogP contribution in [-0.2, 0) is 6.54 Å². The van der Waals surface area contributed by atoms with Crippen molar-refractivity contribution >= 4 is 34.5 Å². The number of nitro benzene ring substituents is 1. The molecule has 128 valence electrons. The Bertz CT molecular complexity index is 923. The molecular weight excluding hydrogens is 366 g/mol. The quantitative estimate of drug-likeness (QED) is 0.490. The summed E-state index contributed by atoms with van der Waals surface area (Å²) in [6, 6.07) is 9.43. The highest BCUT2D eigenvalue weighted by Crippen LogP contribution is 2.26. The lowest BCUT2D eigenvalue weighted by atomic mass is 10.2. The number of aromatic nitrogens is 1. The first-order valence-corrected chi connectivity index (χ1v) is 8.40. The van der Waals surface area contributed by atoms with Gasteiger partial charge in [0.05, 0.1) is 9.80 Å². The number of rotatable bonds is 5. The van der Waals surface area contributed by atoms with E-state index in [1.165, 1.54) is 34.4 Å². The molecule has 0 fully saturated rings. The molecule has 1 aromatic carbocycles. The van der Waals surface area contributed by atoms with E-state index in [-0.39, 0.29) is 23.8 Å². The zero-order valence-electron chi connectivity index (χ0n) is 13.0. The molecule has 7 nitrogen and oxygen atoms in total. The fourth-order valence-corrected chi connectivity index (χ4v) is 3.08. The molecule has 1 amide bonds.